The molecule has 1 unspecified atom stereocenters. The number of carbonyl (C=O) groups is 2. The van der Waals surface area contributed by atoms with Crippen molar-refractivity contribution in [2.24, 2.45) is 0 Å². The van der Waals surface area contributed by atoms with Crippen LogP contribution in [0.15, 0.2) is 35.7 Å². The number of benzene rings is 1. The lowest BCUT2D eigenvalue weighted by molar-refractivity contribution is -0.121. The molecule has 0 aliphatic carbocycles. The maximum absolute atomic E-state index is 12.0. The number of anilines is 1. The molecule has 5 nitrogen and oxygen atoms in total. The molecular formula is C17H21N3O2S. The third-order valence-corrected chi connectivity index (χ3v) is 4.17. The number of hydrogen-bond acceptors (Lipinski definition) is 4. The SMILES string of the molecule is CCC(C)NC(=O)Cc1csc(NC(=O)Cc2ccccc2)n1. The molecule has 1 heterocycles. The van der Waals surface area contributed by atoms with E-state index < -0.39 is 0 Å². The van der Waals surface area contributed by atoms with Gasteiger partial charge in [-0.2, -0.15) is 0 Å². The van der Waals surface area contributed by atoms with E-state index in [0.29, 0.717) is 17.2 Å². The average Bonchev–Trinajstić information content (AvgIpc) is 2.94. The monoisotopic (exact) mass is 331 g/mol. The Hall–Kier alpha value is -2.21. The Balaban J connectivity index is 1.84. The summed E-state index contributed by atoms with van der Waals surface area (Å²) < 4.78 is 0. The van der Waals surface area contributed by atoms with E-state index in [4.69, 9.17) is 0 Å². The number of nitrogens with one attached hydrogen (secondary N) is 2. The highest BCUT2D eigenvalue weighted by Gasteiger charge is 2.11. The molecule has 122 valence electrons. The second-order valence-electron chi connectivity index (χ2n) is 5.41. The number of carbonyl (C=O) groups excluding carboxylic acids is 2. The van der Waals surface area contributed by atoms with Crippen molar-refractivity contribution in [1.29, 1.82) is 0 Å². The van der Waals surface area contributed by atoms with Crippen molar-refractivity contribution < 1.29 is 9.59 Å². The van der Waals surface area contributed by atoms with E-state index in [-0.39, 0.29) is 24.3 Å². The minimum Gasteiger partial charge on any atom is -0.353 e. The van der Waals surface area contributed by atoms with Gasteiger partial charge in [-0.25, -0.2) is 4.98 Å². The number of aromatic nitrogens is 1. The van der Waals surface area contributed by atoms with Gasteiger partial charge in [0.25, 0.3) is 0 Å². The van der Waals surface area contributed by atoms with Crippen molar-refractivity contribution in [3.8, 4) is 0 Å². The van der Waals surface area contributed by atoms with E-state index in [9.17, 15) is 9.59 Å². The molecule has 6 heteroatoms. The molecule has 0 bridgehead atoms. The third kappa shape index (κ3) is 5.83. The van der Waals surface area contributed by atoms with Gasteiger partial charge in [-0.3, -0.25) is 9.59 Å². The summed E-state index contributed by atoms with van der Waals surface area (Å²) in [6, 6.07) is 9.70. The van der Waals surface area contributed by atoms with Crippen LogP contribution in [0.3, 0.4) is 0 Å². The van der Waals surface area contributed by atoms with E-state index in [1.54, 1.807) is 5.38 Å². The predicted octanol–water partition coefficient (Wildman–Crippen LogP) is 2.78. The molecule has 0 spiro atoms. The molecule has 1 aromatic heterocycles. The van der Waals surface area contributed by atoms with E-state index in [0.717, 1.165) is 12.0 Å². The number of nitrogens with zero attached hydrogens (tertiary/aromatic N) is 1. The van der Waals surface area contributed by atoms with Crippen LogP contribution in [0, 0.1) is 0 Å². The number of hydrogen-bond donors (Lipinski definition) is 2. The van der Waals surface area contributed by atoms with Gasteiger partial charge < -0.3 is 10.6 Å². The molecule has 2 aromatic rings. The summed E-state index contributed by atoms with van der Waals surface area (Å²) in [5, 5.41) is 8.00. The van der Waals surface area contributed by atoms with Gasteiger partial charge in [0.05, 0.1) is 18.5 Å². The first-order valence-electron chi connectivity index (χ1n) is 7.64. The lowest BCUT2D eigenvalue weighted by atomic mass is 10.1. The molecule has 0 saturated heterocycles. The number of rotatable bonds is 7. The van der Waals surface area contributed by atoms with Gasteiger partial charge in [-0.15, -0.1) is 11.3 Å². The van der Waals surface area contributed by atoms with Crippen molar-refractivity contribution in [2.75, 3.05) is 5.32 Å². The van der Waals surface area contributed by atoms with Gasteiger partial charge in [0.2, 0.25) is 11.8 Å². The maximum atomic E-state index is 12.0. The van der Waals surface area contributed by atoms with Gasteiger partial charge in [0.15, 0.2) is 5.13 Å². The van der Waals surface area contributed by atoms with Crippen LogP contribution in [0.5, 0.6) is 0 Å². The fraction of sp³-hybridized carbons (Fsp3) is 0.353. The van der Waals surface area contributed by atoms with Gasteiger partial charge >= 0.3 is 0 Å². The summed E-state index contributed by atoms with van der Waals surface area (Å²) in [4.78, 5) is 28.1. The molecule has 2 N–H and O–H groups in total. The minimum absolute atomic E-state index is 0.0492. The van der Waals surface area contributed by atoms with Crippen LogP contribution in [0.1, 0.15) is 31.5 Å². The van der Waals surface area contributed by atoms with Gasteiger partial charge in [-0.05, 0) is 18.9 Å². The predicted molar refractivity (Wildman–Crippen MR) is 92.5 cm³/mol. The van der Waals surface area contributed by atoms with Crippen LogP contribution in [0.4, 0.5) is 5.13 Å². The zero-order valence-corrected chi connectivity index (χ0v) is 14.2. The van der Waals surface area contributed by atoms with Crippen LogP contribution in [-0.2, 0) is 22.4 Å². The molecule has 1 atom stereocenters. The van der Waals surface area contributed by atoms with E-state index in [1.807, 2.05) is 44.2 Å². The summed E-state index contributed by atoms with van der Waals surface area (Å²) >= 11 is 1.33. The van der Waals surface area contributed by atoms with Crippen molar-refractivity contribution in [3.05, 3.63) is 47.0 Å². The van der Waals surface area contributed by atoms with Crippen molar-refractivity contribution in [1.82, 2.24) is 10.3 Å². The summed E-state index contributed by atoms with van der Waals surface area (Å²) in [7, 11) is 0. The molecule has 1 aromatic carbocycles. The fourth-order valence-electron chi connectivity index (χ4n) is 1.98. The van der Waals surface area contributed by atoms with E-state index in [2.05, 4.69) is 15.6 Å². The van der Waals surface area contributed by atoms with Crippen LogP contribution >= 0.6 is 11.3 Å². The molecule has 0 fully saturated rings. The van der Waals surface area contributed by atoms with E-state index >= 15 is 0 Å². The topological polar surface area (TPSA) is 71.1 Å². The second kappa shape index (κ2) is 8.43. The molecule has 0 aliphatic rings. The Bertz CT molecular complexity index is 655. The largest absolute Gasteiger partial charge is 0.353 e. The summed E-state index contributed by atoms with van der Waals surface area (Å²) in [5.41, 5.74) is 1.63. The maximum Gasteiger partial charge on any atom is 0.230 e. The lowest BCUT2D eigenvalue weighted by Gasteiger charge is -2.10. The Kier molecular flexibility index (Phi) is 6.29. The van der Waals surface area contributed by atoms with E-state index in [1.165, 1.54) is 11.3 Å². The molecule has 0 aliphatic heterocycles. The Morgan fingerprint density at radius 1 is 1.17 bits per heavy atom. The highest BCUT2D eigenvalue weighted by Crippen LogP contribution is 2.16. The fourth-order valence-corrected chi connectivity index (χ4v) is 2.71. The quantitative estimate of drug-likeness (QED) is 0.819. The summed E-state index contributed by atoms with van der Waals surface area (Å²) in [6.07, 6.45) is 1.43. The summed E-state index contributed by atoms with van der Waals surface area (Å²) in [6.45, 7) is 3.99. The molecular weight excluding hydrogens is 310 g/mol. The smallest absolute Gasteiger partial charge is 0.230 e. The molecule has 0 saturated carbocycles. The van der Waals surface area contributed by atoms with Gasteiger partial charge in [0.1, 0.15) is 0 Å². The Morgan fingerprint density at radius 3 is 2.61 bits per heavy atom. The molecule has 0 radical (unpaired) electrons. The minimum atomic E-state index is -0.110. The van der Waals surface area contributed by atoms with Crippen LogP contribution in [0.2, 0.25) is 0 Å². The zero-order chi connectivity index (χ0) is 16.7. The van der Waals surface area contributed by atoms with Crippen LogP contribution in [-0.4, -0.2) is 22.8 Å². The first-order chi connectivity index (χ1) is 11.1. The average molecular weight is 331 g/mol. The Morgan fingerprint density at radius 2 is 1.91 bits per heavy atom. The molecule has 23 heavy (non-hydrogen) atoms. The zero-order valence-electron chi connectivity index (χ0n) is 13.3. The summed E-state index contributed by atoms with van der Waals surface area (Å²) in [5.74, 6) is -0.159. The lowest BCUT2D eigenvalue weighted by Crippen LogP contribution is -2.33. The van der Waals surface area contributed by atoms with Gasteiger partial charge in [0, 0.05) is 11.4 Å². The van der Waals surface area contributed by atoms with Crippen molar-refractivity contribution >= 4 is 28.3 Å². The number of amides is 2. The first kappa shape index (κ1) is 17.1. The second-order valence-corrected chi connectivity index (χ2v) is 6.27. The molecule has 2 amide bonds. The Labute approximate surface area is 140 Å². The highest BCUT2D eigenvalue weighted by molar-refractivity contribution is 7.13. The van der Waals surface area contributed by atoms with Crippen LogP contribution in [0.25, 0.3) is 0 Å². The van der Waals surface area contributed by atoms with Crippen LogP contribution < -0.4 is 10.6 Å². The first-order valence-corrected chi connectivity index (χ1v) is 8.52. The number of thiazole rings is 1. The standard InChI is InChI=1S/C17H21N3O2S/c1-3-12(2)18-16(22)10-14-11-23-17(19-14)20-15(21)9-13-7-5-4-6-8-13/h4-8,11-12H,3,9-10H2,1-2H3,(H,18,22)(H,19,20,21). The van der Waals surface area contributed by atoms with Gasteiger partial charge in [-0.1, -0.05) is 37.3 Å². The van der Waals surface area contributed by atoms with Crippen molar-refractivity contribution in [3.63, 3.8) is 0 Å². The molecule has 2 rings (SSSR count). The third-order valence-electron chi connectivity index (χ3n) is 3.37. The highest BCUT2D eigenvalue weighted by atomic mass is 32.1. The normalized spacial score (nSPS) is 11.7. The van der Waals surface area contributed by atoms with Crippen molar-refractivity contribution in [2.45, 2.75) is 39.2 Å².